The van der Waals surface area contributed by atoms with Crippen LogP contribution in [0.4, 0.5) is 5.82 Å². The molecular formula is C27H35N3O5. The van der Waals surface area contributed by atoms with Crippen LogP contribution >= 0.6 is 0 Å². The molecule has 0 spiro atoms. The summed E-state index contributed by atoms with van der Waals surface area (Å²) in [6.07, 6.45) is 6.53. The minimum Gasteiger partial charge on any atom is -0.480 e. The molecule has 8 nitrogen and oxygen atoms in total. The second kappa shape index (κ2) is 12.1. The summed E-state index contributed by atoms with van der Waals surface area (Å²) in [5.74, 6) is -0.771. The molecule has 1 fully saturated rings. The van der Waals surface area contributed by atoms with E-state index in [0.717, 1.165) is 56.6 Å². The molecule has 1 aliphatic heterocycles. The molecule has 1 aliphatic carbocycles. The SMILES string of the molecule is O=C(O)[C@H](CCO[C@H]1C[C@@H](CCc2ccc3c(n2)NCCC3)C1)NC(=O)[C@@H](CO)c1ccccc1. The minimum absolute atomic E-state index is 0.137. The van der Waals surface area contributed by atoms with Gasteiger partial charge < -0.3 is 25.6 Å². The van der Waals surface area contributed by atoms with E-state index in [2.05, 4.69) is 22.8 Å². The maximum absolute atomic E-state index is 12.6. The van der Waals surface area contributed by atoms with E-state index >= 15 is 0 Å². The molecule has 1 amide bonds. The number of carbonyl (C=O) groups excluding carboxylic acids is 1. The number of aromatic nitrogens is 1. The van der Waals surface area contributed by atoms with Crippen LogP contribution in [-0.2, 0) is 27.2 Å². The average molecular weight is 482 g/mol. The van der Waals surface area contributed by atoms with Crippen molar-refractivity contribution in [2.45, 2.75) is 63.0 Å². The quantitative estimate of drug-likeness (QED) is 0.368. The van der Waals surface area contributed by atoms with Gasteiger partial charge in [0.1, 0.15) is 11.9 Å². The lowest BCUT2D eigenvalue weighted by Crippen LogP contribution is -2.44. The number of aliphatic hydroxyl groups is 1. The molecule has 1 aromatic carbocycles. The van der Waals surface area contributed by atoms with Crippen LogP contribution in [0.1, 0.15) is 54.8 Å². The number of carboxylic acids is 1. The van der Waals surface area contributed by atoms with Crippen molar-refractivity contribution in [3.8, 4) is 0 Å². The van der Waals surface area contributed by atoms with Crippen LogP contribution in [0.3, 0.4) is 0 Å². The number of ether oxygens (including phenoxy) is 1. The first-order valence-electron chi connectivity index (χ1n) is 12.6. The molecule has 0 radical (unpaired) electrons. The molecule has 0 bridgehead atoms. The Kier molecular flexibility index (Phi) is 8.71. The molecule has 35 heavy (non-hydrogen) atoms. The van der Waals surface area contributed by atoms with E-state index in [1.165, 1.54) is 5.56 Å². The van der Waals surface area contributed by atoms with Gasteiger partial charge >= 0.3 is 5.97 Å². The van der Waals surface area contributed by atoms with Crippen molar-refractivity contribution in [2.24, 2.45) is 5.92 Å². The highest BCUT2D eigenvalue weighted by Crippen LogP contribution is 2.34. The zero-order valence-electron chi connectivity index (χ0n) is 20.0. The summed E-state index contributed by atoms with van der Waals surface area (Å²) >= 11 is 0. The number of benzene rings is 1. The number of anilines is 1. The number of aliphatic hydroxyl groups excluding tert-OH is 1. The predicted molar refractivity (Wildman–Crippen MR) is 132 cm³/mol. The van der Waals surface area contributed by atoms with Crippen molar-refractivity contribution in [1.82, 2.24) is 10.3 Å². The van der Waals surface area contributed by atoms with Gasteiger partial charge in [0.05, 0.1) is 18.6 Å². The Morgan fingerprint density at radius 3 is 2.71 bits per heavy atom. The monoisotopic (exact) mass is 481 g/mol. The Morgan fingerprint density at radius 2 is 1.97 bits per heavy atom. The fourth-order valence-electron chi connectivity index (χ4n) is 4.81. The standard InChI is InChI=1S/C27H35N3O5/c31-17-23(19-5-2-1-3-6-19)26(32)30-24(27(33)34)12-14-35-22-15-18(16-22)8-10-21-11-9-20-7-4-13-28-25(20)29-21/h1-3,5-6,9,11,18,22-24,31H,4,7-8,10,12-17H2,(H,28,29)(H,30,32)(H,33,34)/t18-,22+,23-,24-/m0/s1. The van der Waals surface area contributed by atoms with Crippen molar-refractivity contribution >= 4 is 17.7 Å². The highest BCUT2D eigenvalue weighted by atomic mass is 16.5. The fraction of sp³-hybridized carbons (Fsp3) is 0.519. The van der Waals surface area contributed by atoms with E-state index in [0.29, 0.717) is 11.5 Å². The number of aryl methyl sites for hydroxylation is 2. The van der Waals surface area contributed by atoms with Crippen LogP contribution in [0.2, 0.25) is 0 Å². The molecule has 1 aromatic heterocycles. The Bertz CT molecular complexity index is 994. The summed E-state index contributed by atoms with van der Waals surface area (Å²) in [6, 6.07) is 12.1. The second-order valence-corrected chi connectivity index (χ2v) is 9.54. The topological polar surface area (TPSA) is 121 Å². The van der Waals surface area contributed by atoms with E-state index < -0.39 is 23.8 Å². The largest absolute Gasteiger partial charge is 0.480 e. The highest BCUT2D eigenvalue weighted by molar-refractivity contribution is 5.88. The Balaban J connectivity index is 1.15. The molecule has 0 saturated heterocycles. The second-order valence-electron chi connectivity index (χ2n) is 9.54. The number of hydrogen-bond donors (Lipinski definition) is 4. The molecule has 2 aromatic rings. The summed E-state index contributed by atoms with van der Waals surface area (Å²) in [7, 11) is 0. The average Bonchev–Trinajstić information content (AvgIpc) is 2.85. The summed E-state index contributed by atoms with van der Waals surface area (Å²) in [5.41, 5.74) is 3.08. The van der Waals surface area contributed by atoms with E-state index in [1.54, 1.807) is 24.3 Å². The van der Waals surface area contributed by atoms with E-state index in [4.69, 9.17) is 9.72 Å². The van der Waals surface area contributed by atoms with Gasteiger partial charge in [-0.2, -0.15) is 0 Å². The van der Waals surface area contributed by atoms with Gasteiger partial charge in [0, 0.05) is 25.3 Å². The van der Waals surface area contributed by atoms with Crippen LogP contribution in [0.25, 0.3) is 0 Å². The van der Waals surface area contributed by atoms with Crippen LogP contribution in [0, 0.1) is 5.92 Å². The number of pyridine rings is 1. The summed E-state index contributed by atoms with van der Waals surface area (Å²) in [5, 5.41) is 25.1. The number of aliphatic carboxylic acids is 1. The molecular weight excluding hydrogens is 446 g/mol. The fourth-order valence-corrected chi connectivity index (χ4v) is 4.81. The molecule has 188 valence electrons. The number of carbonyl (C=O) groups is 2. The van der Waals surface area contributed by atoms with E-state index in [1.807, 2.05) is 6.07 Å². The van der Waals surface area contributed by atoms with Gasteiger partial charge in [0.25, 0.3) is 0 Å². The molecule has 2 aliphatic rings. The number of rotatable bonds is 12. The number of fused-ring (bicyclic) bond motifs is 1. The van der Waals surface area contributed by atoms with Crippen LogP contribution in [0.15, 0.2) is 42.5 Å². The van der Waals surface area contributed by atoms with Crippen molar-refractivity contribution in [2.75, 3.05) is 25.1 Å². The summed E-state index contributed by atoms with van der Waals surface area (Å²) in [4.78, 5) is 29.0. The van der Waals surface area contributed by atoms with Gasteiger partial charge in [0.2, 0.25) is 5.91 Å². The molecule has 0 unspecified atom stereocenters. The van der Waals surface area contributed by atoms with Gasteiger partial charge in [-0.25, -0.2) is 9.78 Å². The highest BCUT2D eigenvalue weighted by Gasteiger charge is 2.31. The van der Waals surface area contributed by atoms with Crippen LogP contribution < -0.4 is 10.6 Å². The summed E-state index contributed by atoms with van der Waals surface area (Å²) < 4.78 is 5.88. The Morgan fingerprint density at radius 1 is 1.17 bits per heavy atom. The molecule has 4 N–H and O–H groups in total. The lowest BCUT2D eigenvalue weighted by atomic mass is 9.79. The summed E-state index contributed by atoms with van der Waals surface area (Å²) in [6.45, 7) is 0.869. The number of carboxylic acid groups (broad SMARTS) is 1. The first-order chi connectivity index (χ1) is 17.0. The van der Waals surface area contributed by atoms with Gasteiger partial charge in [-0.15, -0.1) is 0 Å². The molecule has 4 rings (SSSR count). The zero-order chi connectivity index (χ0) is 24.6. The third-order valence-corrected chi connectivity index (χ3v) is 7.03. The third kappa shape index (κ3) is 6.80. The smallest absolute Gasteiger partial charge is 0.326 e. The van der Waals surface area contributed by atoms with Crippen molar-refractivity contribution in [3.05, 3.63) is 59.3 Å². The first-order valence-corrected chi connectivity index (χ1v) is 12.6. The maximum Gasteiger partial charge on any atom is 0.326 e. The van der Waals surface area contributed by atoms with Crippen molar-refractivity contribution < 1.29 is 24.5 Å². The van der Waals surface area contributed by atoms with E-state index in [9.17, 15) is 19.8 Å². The first kappa shape index (κ1) is 25.1. The number of amides is 1. The number of hydrogen-bond acceptors (Lipinski definition) is 6. The third-order valence-electron chi connectivity index (χ3n) is 7.03. The van der Waals surface area contributed by atoms with Crippen molar-refractivity contribution in [1.29, 1.82) is 0 Å². The van der Waals surface area contributed by atoms with Gasteiger partial charge in [0.15, 0.2) is 0 Å². The predicted octanol–water partition coefficient (Wildman–Crippen LogP) is 2.90. The molecule has 2 atom stereocenters. The molecule has 1 saturated carbocycles. The van der Waals surface area contributed by atoms with Gasteiger partial charge in [-0.1, -0.05) is 36.4 Å². The van der Waals surface area contributed by atoms with Crippen LogP contribution in [-0.4, -0.2) is 59.0 Å². The Labute approximate surface area is 206 Å². The maximum atomic E-state index is 12.6. The lowest BCUT2D eigenvalue weighted by molar-refractivity contribution is -0.143. The van der Waals surface area contributed by atoms with Crippen molar-refractivity contribution in [3.63, 3.8) is 0 Å². The van der Waals surface area contributed by atoms with E-state index in [-0.39, 0.29) is 25.7 Å². The molecule has 8 heteroatoms. The Hall–Kier alpha value is -2.97. The van der Waals surface area contributed by atoms with Crippen LogP contribution in [0.5, 0.6) is 0 Å². The van der Waals surface area contributed by atoms with Gasteiger partial charge in [-0.05, 0) is 61.6 Å². The minimum atomic E-state index is -1.11. The number of nitrogens with one attached hydrogen (secondary N) is 2. The zero-order valence-corrected chi connectivity index (χ0v) is 20.0. The molecule has 2 heterocycles. The van der Waals surface area contributed by atoms with Gasteiger partial charge in [-0.3, -0.25) is 4.79 Å². The lowest BCUT2D eigenvalue weighted by Gasteiger charge is -2.35. The number of nitrogens with zero attached hydrogens (tertiary/aromatic N) is 1. The normalized spacial score (nSPS) is 20.6.